The smallest absolute Gasteiger partial charge is 0.215 e. The van der Waals surface area contributed by atoms with E-state index in [2.05, 4.69) is 25.5 Å². The zero-order chi connectivity index (χ0) is 13.1. The first-order chi connectivity index (χ1) is 9.38. The molecule has 96 valence electrons. The van der Waals surface area contributed by atoms with Crippen molar-refractivity contribution in [3.63, 3.8) is 0 Å². The zero-order valence-electron chi connectivity index (χ0n) is 10.1. The summed E-state index contributed by atoms with van der Waals surface area (Å²) in [5, 5.41) is 22.0. The summed E-state index contributed by atoms with van der Waals surface area (Å²) in [7, 11) is 0. The molecule has 0 bridgehead atoms. The van der Waals surface area contributed by atoms with E-state index in [9.17, 15) is 0 Å². The minimum absolute atomic E-state index is 0.300. The van der Waals surface area contributed by atoms with Crippen LogP contribution in [-0.2, 0) is 0 Å². The predicted octanol–water partition coefficient (Wildman–Crippen LogP) is 1.60. The molecule has 1 aliphatic carbocycles. The van der Waals surface area contributed by atoms with Gasteiger partial charge in [0, 0.05) is 12.4 Å². The number of tetrazole rings is 1. The molecule has 0 spiro atoms. The maximum Gasteiger partial charge on any atom is 0.215 e. The molecule has 0 aliphatic heterocycles. The van der Waals surface area contributed by atoms with Crippen molar-refractivity contribution in [2.75, 3.05) is 0 Å². The summed E-state index contributed by atoms with van der Waals surface area (Å²) in [6, 6.07) is 2.39. The molecule has 0 N–H and O–H groups in total. The monoisotopic (exact) mass is 273 g/mol. The summed E-state index contributed by atoms with van der Waals surface area (Å²) in [6.45, 7) is 0. The van der Waals surface area contributed by atoms with Crippen LogP contribution in [0.5, 0.6) is 0 Å². The van der Waals surface area contributed by atoms with Gasteiger partial charge in [-0.2, -0.15) is 5.26 Å². The maximum absolute atomic E-state index is 9.00. The Morgan fingerprint density at radius 3 is 2.84 bits per heavy atom. The summed E-state index contributed by atoms with van der Waals surface area (Å²) in [6.07, 6.45) is 7.69. The molecule has 19 heavy (non-hydrogen) atoms. The standard InChI is InChI=1S/C11H11N7S/c12-7-9-10(14-6-5-13-9)19-11-15-16-17-18(11)8-3-1-2-4-8/h5-6,8H,1-4H2. The van der Waals surface area contributed by atoms with Crippen LogP contribution in [-0.4, -0.2) is 30.2 Å². The van der Waals surface area contributed by atoms with Crippen molar-refractivity contribution in [1.82, 2.24) is 30.2 Å². The number of aromatic nitrogens is 6. The van der Waals surface area contributed by atoms with Gasteiger partial charge in [0.1, 0.15) is 11.1 Å². The van der Waals surface area contributed by atoms with Crippen LogP contribution in [0.25, 0.3) is 0 Å². The van der Waals surface area contributed by atoms with Gasteiger partial charge in [-0.15, -0.1) is 5.10 Å². The van der Waals surface area contributed by atoms with E-state index < -0.39 is 0 Å². The lowest BCUT2D eigenvalue weighted by atomic mass is 10.3. The van der Waals surface area contributed by atoms with Gasteiger partial charge in [0.2, 0.25) is 5.16 Å². The van der Waals surface area contributed by atoms with E-state index in [4.69, 9.17) is 5.26 Å². The molecule has 1 fully saturated rings. The Morgan fingerprint density at radius 1 is 1.26 bits per heavy atom. The molecule has 1 aliphatic rings. The predicted molar refractivity (Wildman–Crippen MR) is 66.2 cm³/mol. The van der Waals surface area contributed by atoms with Crippen molar-refractivity contribution in [1.29, 1.82) is 5.26 Å². The van der Waals surface area contributed by atoms with E-state index in [0.717, 1.165) is 12.8 Å². The normalized spacial score (nSPS) is 15.5. The second-order valence-electron chi connectivity index (χ2n) is 4.27. The molecule has 0 aromatic carbocycles. The van der Waals surface area contributed by atoms with E-state index in [1.807, 2.05) is 10.8 Å². The summed E-state index contributed by atoms with van der Waals surface area (Å²) >= 11 is 1.29. The molecule has 0 saturated heterocycles. The third kappa shape index (κ3) is 2.42. The highest BCUT2D eigenvalue weighted by Gasteiger charge is 2.22. The number of hydrogen-bond acceptors (Lipinski definition) is 7. The topological polar surface area (TPSA) is 93.2 Å². The Morgan fingerprint density at radius 2 is 2.05 bits per heavy atom. The first kappa shape index (κ1) is 12.0. The second-order valence-corrected chi connectivity index (χ2v) is 5.22. The minimum atomic E-state index is 0.300. The Balaban J connectivity index is 1.88. The van der Waals surface area contributed by atoms with E-state index in [-0.39, 0.29) is 0 Å². The van der Waals surface area contributed by atoms with Crippen molar-refractivity contribution in [2.24, 2.45) is 0 Å². The highest BCUT2D eigenvalue weighted by atomic mass is 32.2. The number of nitrogens with zero attached hydrogens (tertiary/aromatic N) is 7. The van der Waals surface area contributed by atoms with Crippen molar-refractivity contribution < 1.29 is 0 Å². The Hall–Kier alpha value is -2.01. The van der Waals surface area contributed by atoms with Gasteiger partial charge in [-0.25, -0.2) is 14.6 Å². The summed E-state index contributed by atoms with van der Waals surface area (Å²) in [5.41, 5.74) is 0.300. The first-order valence-electron chi connectivity index (χ1n) is 6.05. The number of hydrogen-bond donors (Lipinski definition) is 0. The Bertz CT molecular complexity index is 612. The molecule has 3 rings (SSSR count). The van der Waals surface area contributed by atoms with E-state index >= 15 is 0 Å². The lowest BCUT2D eigenvalue weighted by molar-refractivity contribution is 0.423. The van der Waals surface area contributed by atoms with Crippen LogP contribution in [0.1, 0.15) is 37.4 Å². The van der Waals surface area contributed by atoms with Gasteiger partial charge in [-0.05, 0) is 35.0 Å². The molecule has 0 radical (unpaired) electrons. The van der Waals surface area contributed by atoms with Gasteiger partial charge in [0.25, 0.3) is 0 Å². The van der Waals surface area contributed by atoms with Crippen molar-refractivity contribution in [3.05, 3.63) is 18.1 Å². The molecule has 7 nitrogen and oxygen atoms in total. The third-order valence-electron chi connectivity index (χ3n) is 3.09. The molecule has 2 aromatic rings. The number of rotatable bonds is 3. The summed E-state index contributed by atoms with van der Waals surface area (Å²) < 4.78 is 1.84. The first-order valence-corrected chi connectivity index (χ1v) is 6.87. The van der Waals surface area contributed by atoms with E-state index in [1.54, 1.807) is 6.20 Å². The van der Waals surface area contributed by atoms with Gasteiger partial charge >= 0.3 is 0 Å². The van der Waals surface area contributed by atoms with E-state index in [0.29, 0.717) is 21.9 Å². The summed E-state index contributed by atoms with van der Waals surface area (Å²) in [5.74, 6) is 0. The fourth-order valence-electron chi connectivity index (χ4n) is 2.19. The average molecular weight is 273 g/mol. The van der Waals surface area contributed by atoms with Gasteiger partial charge in [-0.1, -0.05) is 12.8 Å². The quantitative estimate of drug-likeness (QED) is 0.838. The molecule has 0 amide bonds. The van der Waals surface area contributed by atoms with Gasteiger partial charge < -0.3 is 0 Å². The highest BCUT2D eigenvalue weighted by Crippen LogP contribution is 2.33. The van der Waals surface area contributed by atoms with Crippen LogP contribution in [0.3, 0.4) is 0 Å². The van der Waals surface area contributed by atoms with Crippen LogP contribution >= 0.6 is 11.8 Å². The second kappa shape index (κ2) is 5.32. The highest BCUT2D eigenvalue weighted by molar-refractivity contribution is 7.99. The lowest BCUT2D eigenvalue weighted by Crippen LogP contribution is -2.08. The lowest BCUT2D eigenvalue weighted by Gasteiger charge is -2.10. The zero-order valence-corrected chi connectivity index (χ0v) is 10.9. The van der Waals surface area contributed by atoms with Gasteiger partial charge in [-0.3, -0.25) is 0 Å². The van der Waals surface area contributed by atoms with Crippen LogP contribution < -0.4 is 0 Å². The molecule has 8 heteroatoms. The summed E-state index contributed by atoms with van der Waals surface area (Å²) in [4.78, 5) is 8.14. The van der Waals surface area contributed by atoms with Gasteiger partial charge in [0.15, 0.2) is 5.69 Å². The number of nitriles is 1. The maximum atomic E-state index is 9.00. The van der Waals surface area contributed by atoms with Crippen LogP contribution in [0, 0.1) is 11.3 Å². The van der Waals surface area contributed by atoms with Crippen molar-refractivity contribution in [3.8, 4) is 6.07 Å². The molecule has 1 saturated carbocycles. The Labute approximate surface area is 114 Å². The molecule has 0 atom stereocenters. The molecular formula is C11H11N7S. The van der Waals surface area contributed by atoms with Gasteiger partial charge in [0.05, 0.1) is 6.04 Å². The molecule has 2 heterocycles. The minimum Gasteiger partial charge on any atom is -0.245 e. The fraction of sp³-hybridized carbons (Fsp3) is 0.455. The molecular weight excluding hydrogens is 262 g/mol. The van der Waals surface area contributed by atoms with Crippen LogP contribution in [0.2, 0.25) is 0 Å². The van der Waals surface area contributed by atoms with Crippen molar-refractivity contribution >= 4 is 11.8 Å². The van der Waals surface area contributed by atoms with Crippen molar-refractivity contribution in [2.45, 2.75) is 41.9 Å². The molecule has 2 aromatic heterocycles. The van der Waals surface area contributed by atoms with E-state index in [1.165, 1.54) is 30.8 Å². The molecule has 0 unspecified atom stereocenters. The third-order valence-corrected chi connectivity index (χ3v) is 4.04. The average Bonchev–Trinajstić information content (AvgIpc) is 3.09. The van der Waals surface area contributed by atoms with Crippen LogP contribution in [0.4, 0.5) is 0 Å². The Kier molecular flexibility index (Phi) is 3.37. The SMILES string of the molecule is N#Cc1nccnc1Sc1nnnn1C1CCCC1. The largest absolute Gasteiger partial charge is 0.245 e. The fourth-order valence-corrected chi connectivity index (χ4v) is 3.03. The van der Waals surface area contributed by atoms with Crippen LogP contribution in [0.15, 0.2) is 22.6 Å².